The highest BCUT2D eigenvalue weighted by atomic mass is 19.1. The largest absolute Gasteiger partial charge is 0.492 e. The number of halogens is 1. The van der Waals surface area contributed by atoms with Gasteiger partial charge in [0.25, 0.3) is 0 Å². The molecule has 0 unspecified atom stereocenters. The van der Waals surface area contributed by atoms with Crippen LogP contribution in [0.15, 0.2) is 48.5 Å². The Morgan fingerprint density at radius 1 is 1.23 bits per heavy atom. The molecule has 0 saturated carbocycles. The van der Waals surface area contributed by atoms with E-state index in [1.165, 1.54) is 6.07 Å². The van der Waals surface area contributed by atoms with E-state index in [2.05, 4.69) is 5.32 Å². The molecule has 1 fully saturated rings. The molecule has 1 heterocycles. The molecule has 0 radical (unpaired) electrons. The summed E-state index contributed by atoms with van der Waals surface area (Å²) in [4.78, 5) is 26.4. The molecule has 1 atom stereocenters. The van der Waals surface area contributed by atoms with Crippen molar-refractivity contribution in [3.8, 4) is 5.75 Å². The number of hydrogen-bond donors (Lipinski definition) is 1. The third-order valence-electron chi connectivity index (χ3n) is 4.36. The lowest BCUT2D eigenvalue weighted by molar-refractivity contribution is -0.126. The maximum absolute atomic E-state index is 13.7. The van der Waals surface area contributed by atoms with Gasteiger partial charge in [0.05, 0.1) is 18.2 Å². The van der Waals surface area contributed by atoms with Gasteiger partial charge in [0, 0.05) is 25.1 Å². The smallest absolute Gasteiger partial charge is 0.227 e. The van der Waals surface area contributed by atoms with Gasteiger partial charge in [-0.05, 0) is 25.1 Å². The van der Waals surface area contributed by atoms with Crippen LogP contribution >= 0.6 is 0 Å². The fourth-order valence-corrected chi connectivity index (χ4v) is 3.04. The van der Waals surface area contributed by atoms with Crippen LogP contribution in [0.5, 0.6) is 5.75 Å². The monoisotopic (exact) mass is 356 g/mol. The van der Waals surface area contributed by atoms with Crippen molar-refractivity contribution in [1.82, 2.24) is 5.32 Å². The molecule has 0 spiro atoms. The van der Waals surface area contributed by atoms with E-state index in [0.29, 0.717) is 23.6 Å². The number of carbonyl (C=O) groups excluding carboxylic acids is 2. The molecular formula is C20H21FN2O3. The van der Waals surface area contributed by atoms with Crippen LogP contribution in [-0.2, 0) is 16.1 Å². The summed E-state index contributed by atoms with van der Waals surface area (Å²) in [6, 6.07) is 13.6. The number of rotatable bonds is 6. The number of anilines is 1. The van der Waals surface area contributed by atoms with Gasteiger partial charge in [-0.3, -0.25) is 9.59 Å². The molecule has 5 nitrogen and oxygen atoms in total. The zero-order valence-corrected chi connectivity index (χ0v) is 14.6. The molecule has 0 bridgehead atoms. The van der Waals surface area contributed by atoms with Crippen LogP contribution in [0.1, 0.15) is 18.9 Å². The number of para-hydroxylation sites is 2. The minimum absolute atomic E-state index is 0.103. The highest BCUT2D eigenvalue weighted by Crippen LogP contribution is 2.33. The normalized spacial score (nSPS) is 16.6. The van der Waals surface area contributed by atoms with Crippen LogP contribution in [0.4, 0.5) is 10.1 Å². The van der Waals surface area contributed by atoms with Crippen molar-refractivity contribution in [2.75, 3.05) is 18.1 Å². The fourth-order valence-electron chi connectivity index (χ4n) is 3.04. The van der Waals surface area contributed by atoms with Gasteiger partial charge in [-0.1, -0.05) is 30.3 Å². The molecule has 136 valence electrons. The van der Waals surface area contributed by atoms with Crippen molar-refractivity contribution < 1.29 is 18.7 Å². The fraction of sp³-hybridized carbons (Fsp3) is 0.300. The Morgan fingerprint density at radius 3 is 2.73 bits per heavy atom. The zero-order chi connectivity index (χ0) is 18.5. The van der Waals surface area contributed by atoms with Crippen molar-refractivity contribution >= 4 is 17.5 Å². The number of nitrogens with one attached hydrogen (secondary N) is 1. The van der Waals surface area contributed by atoms with Gasteiger partial charge in [-0.2, -0.15) is 0 Å². The minimum Gasteiger partial charge on any atom is -0.492 e. The van der Waals surface area contributed by atoms with E-state index in [1.807, 2.05) is 25.1 Å². The predicted molar refractivity (Wildman–Crippen MR) is 96.3 cm³/mol. The Hall–Kier alpha value is -2.89. The predicted octanol–water partition coefficient (Wildman–Crippen LogP) is 2.89. The third kappa shape index (κ3) is 3.85. The molecule has 1 N–H and O–H groups in total. The van der Waals surface area contributed by atoms with E-state index in [1.54, 1.807) is 29.2 Å². The maximum Gasteiger partial charge on any atom is 0.227 e. The van der Waals surface area contributed by atoms with E-state index in [9.17, 15) is 14.0 Å². The van der Waals surface area contributed by atoms with Crippen LogP contribution in [0, 0.1) is 11.7 Å². The van der Waals surface area contributed by atoms with Crippen molar-refractivity contribution in [3.63, 3.8) is 0 Å². The Balaban J connectivity index is 1.66. The van der Waals surface area contributed by atoms with E-state index in [0.717, 1.165) is 0 Å². The molecule has 6 heteroatoms. The first-order valence-corrected chi connectivity index (χ1v) is 8.63. The first kappa shape index (κ1) is 17.9. The lowest BCUT2D eigenvalue weighted by Crippen LogP contribution is -2.33. The van der Waals surface area contributed by atoms with Gasteiger partial charge in [-0.25, -0.2) is 4.39 Å². The first-order chi connectivity index (χ1) is 12.6. The number of benzene rings is 2. The molecule has 3 rings (SSSR count). The Morgan fingerprint density at radius 2 is 1.96 bits per heavy atom. The number of nitrogens with zero attached hydrogens (tertiary/aromatic N) is 1. The summed E-state index contributed by atoms with van der Waals surface area (Å²) in [5.41, 5.74) is 1.09. The van der Waals surface area contributed by atoms with Crippen LogP contribution in [0.25, 0.3) is 0 Å². The first-order valence-electron chi connectivity index (χ1n) is 8.63. The van der Waals surface area contributed by atoms with Crippen molar-refractivity contribution in [3.05, 3.63) is 59.9 Å². The zero-order valence-electron chi connectivity index (χ0n) is 14.6. The summed E-state index contributed by atoms with van der Waals surface area (Å²) in [5.74, 6) is -0.580. The van der Waals surface area contributed by atoms with Crippen LogP contribution < -0.4 is 15.0 Å². The molecular weight excluding hydrogens is 335 g/mol. The van der Waals surface area contributed by atoms with Gasteiger partial charge >= 0.3 is 0 Å². The second-order valence-electron chi connectivity index (χ2n) is 6.12. The molecule has 2 aromatic carbocycles. The highest BCUT2D eigenvalue weighted by molar-refractivity contribution is 6.01. The van der Waals surface area contributed by atoms with E-state index in [4.69, 9.17) is 4.74 Å². The molecule has 26 heavy (non-hydrogen) atoms. The summed E-state index contributed by atoms with van der Waals surface area (Å²) in [6.07, 6.45) is 0.129. The Labute approximate surface area is 151 Å². The summed E-state index contributed by atoms with van der Waals surface area (Å²) in [7, 11) is 0. The van der Waals surface area contributed by atoms with Gasteiger partial charge in [0.2, 0.25) is 11.8 Å². The van der Waals surface area contributed by atoms with Gasteiger partial charge < -0.3 is 15.0 Å². The van der Waals surface area contributed by atoms with Crippen molar-refractivity contribution in [2.45, 2.75) is 19.9 Å². The number of amides is 2. The van der Waals surface area contributed by atoms with Gasteiger partial charge in [0.15, 0.2) is 0 Å². The summed E-state index contributed by atoms with van der Waals surface area (Å²) in [5, 5.41) is 2.72. The highest BCUT2D eigenvalue weighted by Gasteiger charge is 2.36. The van der Waals surface area contributed by atoms with Gasteiger partial charge in [-0.15, -0.1) is 0 Å². The molecule has 2 amide bonds. The van der Waals surface area contributed by atoms with Crippen LogP contribution in [0.2, 0.25) is 0 Å². The average Bonchev–Trinajstić information content (AvgIpc) is 3.03. The van der Waals surface area contributed by atoms with Crippen molar-refractivity contribution in [2.24, 2.45) is 5.92 Å². The average molecular weight is 356 g/mol. The minimum atomic E-state index is -0.469. The standard InChI is InChI=1S/C20H21FN2O3/c1-2-26-18-10-6-5-9-17(18)23-13-15(11-19(23)24)20(25)22-12-14-7-3-4-8-16(14)21/h3-10,15H,2,11-13H2,1H3,(H,22,25)/t15-/m0/s1. The molecule has 2 aromatic rings. The molecule has 1 aliphatic rings. The Kier molecular flexibility index (Phi) is 5.51. The second kappa shape index (κ2) is 7.99. The number of ether oxygens (including phenoxy) is 1. The lowest BCUT2D eigenvalue weighted by atomic mass is 10.1. The van der Waals surface area contributed by atoms with Crippen molar-refractivity contribution in [1.29, 1.82) is 0 Å². The Bertz CT molecular complexity index is 809. The summed E-state index contributed by atoms with van der Waals surface area (Å²) in [6.45, 7) is 2.75. The number of carbonyl (C=O) groups is 2. The summed E-state index contributed by atoms with van der Waals surface area (Å²) >= 11 is 0. The lowest BCUT2D eigenvalue weighted by Gasteiger charge is -2.20. The number of hydrogen-bond acceptors (Lipinski definition) is 3. The SMILES string of the molecule is CCOc1ccccc1N1C[C@@H](C(=O)NCc2ccccc2F)CC1=O. The van der Waals surface area contributed by atoms with E-state index >= 15 is 0 Å². The van der Waals surface area contributed by atoms with E-state index in [-0.39, 0.29) is 37.1 Å². The van der Waals surface area contributed by atoms with E-state index < -0.39 is 5.92 Å². The summed E-state index contributed by atoms with van der Waals surface area (Å²) < 4.78 is 19.2. The second-order valence-corrected chi connectivity index (χ2v) is 6.12. The third-order valence-corrected chi connectivity index (χ3v) is 4.36. The molecule has 1 saturated heterocycles. The maximum atomic E-state index is 13.7. The molecule has 0 aliphatic carbocycles. The molecule has 0 aromatic heterocycles. The topological polar surface area (TPSA) is 58.6 Å². The van der Waals surface area contributed by atoms with Crippen LogP contribution in [-0.4, -0.2) is 25.0 Å². The van der Waals surface area contributed by atoms with Crippen LogP contribution in [0.3, 0.4) is 0 Å². The quantitative estimate of drug-likeness (QED) is 0.866. The molecule has 1 aliphatic heterocycles. The van der Waals surface area contributed by atoms with Gasteiger partial charge in [0.1, 0.15) is 11.6 Å².